The topological polar surface area (TPSA) is 74.9 Å². The molecule has 0 unspecified atom stereocenters. The van der Waals surface area contributed by atoms with Gasteiger partial charge in [0.05, 0.1) is 5.52 Å². The zero-order valence-electron chi connectivity index (χ0n) is 20.2. The van der Waals surface area contributed by atoms with Gasteiger partial charge in [0.2, 0.25) is 5.91 Å². The number of benzene rings is 1. The summed E-state index contributed by atoms with van der Waals surface area (Å²) in [6, 6.07) is 10.1. The summed E-state index contributed by atoms with van der Waals surface area (Å²) in [7, 11) is 0. The Labute approximate surface area is 200 Å². The smallest absolute Gasteiger partial charge is 0.273 e. The minimum absolute atomic E-state index is 0.0236. The van der Waals surface area contributed by atoms with Crippen molar-refractivity contribution in [3.8, 4) is 0 Å². The largest absolute Gasteiger partial charge is 0.354 e. The third-order valence-electron chi connectivity index (χ3n) is 7.48. The van der Waals surface area contributed by atoms with E-state index >= 15 is 0 Å². The van der Waals surface area contributed by atoms with E-state index in [1.165, 1.54) is 64.3 Å². The molecular weight excluding hydrogens is 428 g/mol. The molecule has 0 bridgehead atoms. The normalized spacial score (nSPS) is 18.6. The first-order chi connectivity index (χ1) is 16.6. The standard InChI is InChI=1S/C26H36N6O2/c1-20-18-24(33)28-26-22-8-3-4-9-23(22)31(32(20)26)19-25(34)27-12-7-13-29-16-10-21(11-17-29)30-14-5-2-6-15-30/h3-4,8-9,18,21H,2,5-7,10-17,19H2,1H3,(H,27,34). The average molecular weight is 465 g/mol. The van der Waals surface area contributed by atoms with Gasteiger partial charge in [0.25, 0.3) is 5.56 Å². The third-order valence-corrected chi connectivity index (χ3v) is 7.48. The minimum Gasteiger partial charge on any atom is -0.354 e. The van der Waals surface area contributed by atoms with Crippen LogP contribution in [0.1, 0.15) is 44.2 Å². The molecule has 2 aliphatic rings. The molecule has 2 saturated heterocycles. The number of piperidine rings is 2. The lowest BCUT2D eigenvalue weighted by molar-refractivity contribution is -0.121. The van der Waals surface area contributed by atoms with Crippen molar-refractivity contribution in [1.82, 2.24) is 29.3 Å². The second-order valence-electron chi connectivity index (χ2n) is 9.82. The zero-order chi connectivity index (χ0) is 23.5. The second-order valence-corrected chi connectivity index (χ2v) is 9.82. The SMILES string of the molecule is Cc1cc(=O)nc2c3ccccc3n(CC(=O)NCCCN3CCC(N4CCCCC4)CC3)n12. The molecule has 1 aromatic carbocycles. The Bertz CT molecular complexity index is 1200. The van der Waals surface area contributed by atoms with Crippen LogP contribution >= 0.6 is 0 Å². The van der Waals surface area contributed by atoms with Crippen molar-refractivity contribution in [1.29, 1.82) is 0 Å². The number of para-hydroxylation sites is 1. The van der Waals surface area contributed by atoms with Gasteiger partial charge in [0.15, 0.2) is 5.65 Å². The number of nitrogens with zero attached hydrogens (tertiary/aromatic N) is 5. The Morgan fingerprint density at radius 2 is 1.85 bits per heavy atom. The van der Waals surface area contributed by atoms with Gasteiger partial charge >= 0.3 is 0 Å². The van der Waals surface area contributed by atoms with E-state index in [-0.39, 0.29) is 18.0 Å². The molecule has 3 aromatic rings. The van der Waals surface area contributed by atoms with Crippen molar-refractivity contribution in [3.05, 3.63) is 46.4 Å². The van der Waals surface area contributed by atoms with Crippen LogP contribution < -0.4 is 10.9 Å². The number of hydrogen-bond acceptors (Lipinski definition) is 5. The third kappa shape index (κ3) is 4.88. The highest BCUT2D eigenvalue weighted by atomic mass is 16.2. The monoisotopic (exact) mass is 464 g/mol. The molecule has 0 saturated carbocycles. The number of hydrogen-bond donors (Lipinski definition) is 1. The van der Waals surface area contributed by atoms with Gasteiger partial charge in [0.1, 0.15) is 6.54 Å². The molecule has 1 N–H and O–H groups in total. The van der Waals surface area contributed by atoms with Crippen molar-refractivity contribution < 1.29 is 4.79 Å². The number of carbonyl (C=O) groups is 1. The van der Waals surface area contributed by atoms with E-state index < -0.39 is 0 Å². The van der Waals surface area contributed by atoms with Crippen LogP contribution in [0.15, 0.2) is 35.1 Å². The molecule has 4 heterocycles. The molecule has 2 fully saturated rings. The van der Waals surface area contributed by atoms with Crippen LogP contribution in [0.5, 0.6) is 0 Å². The molecule has 182 valence electrons. The van der Waals surface area contributed by atoms with Crippen LogP contribution in [0.3, 0.4) is 0 Å². The van der Waals surface area contributed by atoms with Gasteiger partial charge in [-0.3, -0.25) is 14.3 Å². The lowest BCUT2D eigenvalue weighted by Gasteiger charge is -2.40. The molecular formula is C26H36N6O2. The van der Waals surface area contributed by atoms with E-state index in [1.54, 1.807) is 0 Å². The molecule has 0 atom stereocenters. The van der Waals surface area contributed by atoms with Crippen molar-refractivity contribution >= 4 is 22.5 Å². The van der Waals surface area contributed by atoms with Gasteiger partial charge in [-0.15, -0.1) is 0 Å². The highest BCUT2D eigenvalue weighted by Gasteiger charge is 2.25. The number of rotatable bonds is 7. The fraction of sp³-hybridized carbons (Fsp3) is 0.577. The van der Waals surface area contributed by atoms with Crippen molar-refractivity contribution in [2.24, 2.45) is 0 Å². The first-order valence-electron chi connectivity index (χ1n) is 12.8. The van der Waals surface area contributed by atoms with E-state index in [2.05, 4.69) is 20.1 Å². The fourth-order valence-electron chi connectivity index (χ4n) is 5.74. The van der Waals surface area contributed by atoms with Crippen LogP contribution in [0.4, 0.5) is 0 Å². The summed E-state index contributed by atoms with van der Waals surface area (Å²) in [6.45, 7) is 8.68. The predicted molar refractivity (Wildman–Crippen MR) is 134 cm³/mol. The van der Waals surface area contributed by atoms with Crippen LogP contribution in [-0.2, 0) is 11.3 Å². The molecule has 5 rings (SSSR count). The van der Waals surface area contributed by atoms with Crippen LogP contribution in [0.25, 0.3) is 16.6 Å². The molecule has 34 heavy (non-hydrogen) atoms. The fourth-order valence-corrected chi connectivity index (χ4v) is 5.74. The van der Waals surface area contributed by atoms with Gasteiger partial charge in [-0.1, -0.05) is 18.6 Å². The lowest BCUT2D eigenvalue weighted by atomic mass is 10.00. The number of aromatic nitrogens is 3. The minimum atomic E-state index is -0.259. The van der Waals surface area contributed by atoms with Crippen LogP contribution in [-0.4, -0.2) is 75.2 Å². The Morgan fingerprint density at radius 1 is 1.09 bits per heavy atom. The van der Waals surface area contributed by atoms with E-state index in [1.807, 2.05) is 40.4 Å². The average Bonchev–Trinajstić information content (AvgIpc) is 3.16. The number of fused-ring (bicyclic) bond motifs is 3. The van der Waals surface area contributed by atoms with Gasteiger partial charge in [-0.2, -0.15) is 4.98 Å². The van der Waals surface area contributed by atoms with Crippen molar-refractivity contribution in [3.63, 3.8) is 0 Å². The second kappa shape index (κ2) is 10.3. The van der Waals surface area contributed by atoms with Crippen molar-refractivity contribution in [2.45, 2.75) is 58.0 Å². The highest BCUT2D eigenvalue weighted by molar-refractivity contribution is 5.93. The molecule has 0 radical (unpaired) electrons. The summed E-state index contributed by atoms with van der Waals surface area (Å²) < 4.78 is 3.78. The number of carbonyl (C=O) groups excluding carboxylic acids is 1. The Kier molecular flexibility index (Phi) is 6.97. The summed E-state index contributed by atoms with van der Waals surface area (Å²) in [5.41, 5.74) is 2.01. The quantitative estimate of drug-likeness (QED) is 0.544. The lowest BCUT2D eigenvalue weighted by Crippen LogP contribution is -2.47. The molecule has 1 amide bonds. The van der Waals surface area contributed by atoms with E-state index in [4.69, 9.17) is 0 Å². The summed E-state index contributed by atoms with van der Waals surface area (Å²) in [5.74, 6) is -0.0236. The summed E-state index contributed by atoms with van der Waals surface area (Å²) in [4.78, 5) is 34.2. The van der Waals surface area contributed by atoms with Gasteiger partial charge in [-0.25, -0.2) is 4.52 Å². The first kappa shape index (κ1) is 23.1. The Hall–Kier alpha value is -2.71. The predicted octanol–water partition coefficient (Wildman–Crippen LogP) is 2.41. The van der Waals surface area contributed by atoms with E-state index in [0.717, 1.165) is 35.6 Å². The Balaban J connectivity index is 1.13. The van der Waals surface area contributed by atoms with Crippen LogP contribution in [0.2, 0.25) is 0 Å². The number of nitrogens with one attached hydrogen (secondary N) is 1. The van der Waals surface area contributed by atoms with Gasteiger partial charge in [0, 0.05) is 29.7 Å². The first-order valence-corrected chi connectivity index (χ1v) is 12.8. The summed E-state index contributed by atoms with van der Waals surface area (Å²) >= 11 is 0. The van der Waals surface area contributed by atoms with Gasteiger partial charge < -0.3 is 15.1 Å². The summed E-state index contributed by atoms with van der Waals surface area (Å²) in [5, 5.41) is 3.97. The zero-order valence-corrected chi connectivity index (χ0v) is 20.2. The Morgan fingerprint density at radius 3 is 2.65 bits per heavy atom. The molecule has 0 aliphatic carbocycles. The molecule has 8 nitrogen and oxygen atoms in total. The molecule has 8 heteroatoms. The van der Waals surface area contributed by atoms with E-state index in [0.29, 0.717) is 12.2 Å². The maximum atomic E-state index is 12.8. The van der Waals surface area contributed by atoms with Crippen LogP contribution in [0, 0.1) is 6.92 Å². The maximum absolute atomic E-state index is 12.8. The van der Waals surface area contributed by atoms with Gasteiger partial charge in [-0.05, 0) is 83.9 Å². The molecule has 0 spiro atoms. The maximum Gasteiger partial charge on any atom is 0.273 e. The number of likely N-dealkylation sites (tertiary alicyclic amines) is 2. The number of aryl methyl sites for hydroxylation is 1. The number of amides is 1. The van der Waals surface area contributed by atoms with Crippen molar-refractivity contribution in [2.75, 3.05) is 39.3 Å². The highest BCUT2D eigenvalue weighted by Crippen LogP contribution is 2.22. The summed E-state index contributed by atoms with van der Waals surface area (Å²) in [6.07, 6.45) is 7.63. The molecule has 2 aliphatic heterocycles. The van der Waals surface area contributed by atoms with E-state index in [9.17, 15) is 9.59 Å². The molecule has 2 aromatic heterocycles.